The molecule has 0 aliphatic heterocycles. The van der Waals surface area contributed by atoms with Crippen LogP contribution in [0.1, 0.15) is 22.8 Å². The van der Waals surface area contributed by atoms with Crippen molar-refractivity contribution in [1.29, 1.82) is 0 Å². The van der Waals surface area contributed by atoms with E-state index >= 15 is 0 Å². The summed E-state index contributed by atoms with van der Waals surface area (Å²) in [6, 6.07) is 7.69. The highest BCUT2D eigenvalue weighted by Gasteiger charge is 2.12. The van der Waals surface area contributed by atoms with Crippen LogP contribution in [-0.2, 0) is 6.42 Å². The minimum Gasteiger partial charge on any atom is -0.388 e. The predicted molar refractivity (Wildman–Crippen MR) is 69.2 cm³/mol. The van der Waals surface area contributed by atoms with Crippen LogP contribution in [0.25, 0.3) is 0 Å². The molecule has 1 nitrogen and oxygen atoms in total. The molecule has 16 heavy (non-hydrogen) atoms. The van der Waals surface area contributed by atoms with Crippen molar-refractivity contribution in [2.45, 2.75) is 19.4 Å². The van der Waals surface area contributed by atoms with Gasteiger partial charge >= 0.3 is 0 Å². The highest BCUT2D eigenvalue weighted by atomic mass is 35.5. The molecule has 0 aliphatic carbocycles. The van der Waals surface area contributed by atoms with E-state index in [4.69, 9.17) is 11.6 Å². The molecule has 1 aromatic carbocycles. The van der Waals surface area contributed by atoms with Crippen LogP contribution in [0.15, 0.2) is 35.0 Å². The summed E-state index contributed by atoms with van der Waals surface area (Å²) in [6.45, 7) is 1.94. The molecular formula is C13H13ClOS. The summed E-state index contributed by atoms with van der Waals surface area (Å²) in [7, 11) is 0. The highest BCUT2D eigenvalue weighted by molar-refractivity contribution is 7.07. The number of hydrogen-bond donors (Lipinski definition) is 1. The van der Waals surface area contributed by atoms with Crippen molar-refractivity contribution in [3.63, 3.8) is 0 Å². The minimum atomic E-state index is -0.478. The fraction of sp³-hybridized carbons (Fsp3) is 0.231. The second-order valence-electron chi connectivity index (χ2n) is 3.81. The zero-order valence-electron chi connectivity index (χ0n) is 8.98. The van der Waals surface area contributed by atoms with Crippen LogP contribution in [0, 0.1) is 6.92 Å². The predicted octanol–water partition coefficient (Wildman–Crippen LogP) is 3.99. The second kappa shape index (κ2) is 5.00. The first-order chi connectivity index (χ1) is 7.68. The molecule has 84 valence electrons. The van der Waals surface area contributed by atoms with Gasteiger partial charge in [-0.25, -0.2) is 0 Å². The lowest BCUT2D eigenvalue weighted by atomic mass is 9.99. The summed E-state index contributed by atoms with van der Waals surface area (Å²) in [5.41, 5.74) is 3.04. The molecule has 1 N–H and O–H groups in total. The van der Waals surface area contributed by atoms with Crippen molar-refractivity contribution in [2.24, 2.45) is 0 Å². The molecule has 0 radical (unpaired) electrons. The van der Waals surface area contributed by atoms with Crippen LogP contribution < -0.4 is 0 Å². The number of aliphatic hydroxyl groups is 1. The number of benzene rings is 1. The Bertz CT molecular complexity index is 465. The van der Waals surface area contributed by atoms with Gasteiger partial charge in [0, 0.05) is 11.4 Å². The van der Waals surface area contributed by atoms with E-state index in [1.807, 2.05) is 36.6 Å². The molecule has 1 unspecified atom stereocenters. The number of halogens is 1. The van der Waals surface area contributed by atoms with Crippen molar-refractivity contribution >= 4 is 22.9 Å². The molecule has 0 saturated carbocycles. The van der Waals surface area contributed by atoms with Gasteiger partial charge in [-0.15, -0.1) is 0 Å². The molecule has 2 aromatic rings. The van der Waals surface area contributed by atoms with Crippen molar-refractivity contribution < 1.29 is 5.11 Å². The number of hydrogen-bond acceptors (Lipinski definition) is 2. The van der Waals surface area contributed by atoms with Gasteiger partial charge in [-0.2, -0.15) is 11.3 Å². The first-order valence-corrected chi connectivity index (χ1v) is 6.44. The maximum Gasteiger partial charge on any atom is 0.0833 e. The van der Waals surface area contributed by atoms with Gasteiger partial charge in [0.1, 0.15) is 0 Å². The Balaban J connectivity index is 2.21. The molecule has 0 spiro atoms. The maximum atomic E-state index is 10.1. The van der Waals surface area contributed by atoms with E-state index in [-0.39, 0.29) is 0 Å². The van der Waals surface area contributed by atoms with Gasteiger partial charge in [-0.05, 0) is 46.5 Å². The normalized spacial score (nSPS) is 12.7. The van der Waals surface area contributed by atoms with Crippen LogP contribution in [-0.4, -0.2) is 5.11 Å². The van der Waals surface area contributed by atoms with Crippen LogP contribution in [0.2, 0.25) is 5.02 Å². The van der Waals surface area contributed by atoms with Gasteiger partial charge in [0.15, 0.2) is 0 Å². The third kappa shape index (κ3) is 2.46. The zero-order valence-corrected chi connectivity index (χ0v) is 10.6. The molecule has 1 aromatic heterocycles. The third-order valence-corrected chi connectivity index (χ3v) is 3.82. The standard InChI is InChI=1S/C13H13ClOS/c1-9-11(3-2-4-12(9)14)13(15)7-10-5-6-16-8-10/h2-6,8,13,15H,7H2,1H3. The Kier molecular flexibility index (Phi) is 3.64. The first-order valence-electron chi connectivity index (χ1n) is 5.12. The number of rotatable bonds is 3. The molecule has 0 amide bonds. The molecular weight excluding hydrogens is 240 g/mol. The zero-order chi connectivity index (χ0) is 11.5. The summed E-state index contributed by atoms with van der Waals surface area (Å²) in [5, 5.41) is 14.9. The highest BCUT2D eigenvalue weighted by Crippen LogP contribution is 2.26. The minimum absolute atomic E-state index is 0.478. The average Bonchev–Trinajstić information content (AvgIpc) is 2.74. The Morgan fingerprint density at radius 2 is 2.19 bits per heavy atom. The van der Waals surface area contributed by atoms with Gasteiger partial charge in [0.2, 0.25) is 0 Å². The van der Waals surface area contributed by atoms with Crippen LogP contribution in [0.3, 0.4) is 0 Å². The lowest BCUT2D eigenvalue weighted by Gasteiger charge is -2.13. The lowest BCUT2D eigenvalue weighted by molar-refractivity contribution is 0.178. The smallest absolute Gasteiger partial charge is 0.0833 e. The topological polar surface area (TPSA) is 20.2 Å². The lowest BCUT2D eigenvalue weighted by Crippen LogP contribution is -2.03. The van der Waals surface area contributed by atoms with E-state index in [9.17, 15) is 5.11 Å². The van der Waals surface area contributed by atoms with Crippen LogP contribution in [0.4, 0.5) is 0 Å². The van der Waals surface area contributed by atoms with Gasteiger partial charge in [-0.1, -0.05) is 23.7 Å². The monoisotopic (exact) mass is 252 g/mol. The third-order valence-electron chi connectivity index (χ3n) is 2.68. The summed E-state index contributed by atoms with van der Waals surface area (Å²) in [5.74, 6) is 0. The summed E-state index contributed by atoms with van der Waals surface area (Å²) >= 11 is 7.68. The summed E-state index contributed by atoms with van der Waals surface area (Å²) < 4.78 is 0. The van der Waals surface area contributed by atoms with Crippen molar-refractivity contribution in [3.05, 3.63) is 56.7 Å². The fourth-order valence-electron chi connectivity index (χ4n) is 1.73. The van der Waals surface area contributed by atoms with E-state index in [1.54, 1.807) is 11.3 Å². The quantitative estimate of drug-likeness (QED) is 0.876. The Morgan fingerprint density at radius 3 is 2.88 bits per heavy atom. The Morgan fingerprint density at radius 1 is 1.38 bits per heavy atom. The fourth-order valence-corrected chi connectivity index (χ4v) is 2.59. The SMILES string of the molecule is Cc1c(Cl)cccc1C(O)Cc1ccsc1. The van der Waals surface area contributed by atoms with Gasteiger partial charge in [0.05, 0.1) is 6.10 Å². The van der Waals surface area contributed by atoms with E-state index in [0.717, 1.165) is 16.7 Å². The molecule has 0 aliphatic rings. The Labute approximate surface area is 104 Å². The van der Waals surface area contributed by atoms with E-state index in [1.165, 1.54) is 0 Å². The largest absolute Gasteiger partial charge is 0.388 e. The molecule has 1 heterocycles. The average molecular weight is 253 g/mol. The molecule has 0 saturated heterocycles. The van der Waals surface area contributed by atoms with Gasteiger partial charge < -0.3 is 5.11 Å². The van der Waals surface area contributed by atoms with Crippen molar-refractivity contribution in [1.82, 2.24) is 0 Å². The van der Waals surface area contributed by atoms with Crippen LogP contribution >= 0.6 is 22.9 Å². The second-order valence-corrected chi connectivity index (χ2v) is 4.99. The Hall–Kier alpha value is -0.830. The maximum absolute atomic E-state index is 10.1. The van der Waals surface area contributed by atoms with Crippen LogP contribution in [0.5, 0.6) is 0 Å². The van der Waals surface area contributed by atoms with Gasteiger partial charge in [0.25, 0.3) is 0 Å². The molecule has 1 atom stereocenters. The summed E-state index contributed by atoms with van der Waals surface area (Å²) in [4.78, 5) is 0. The number of aliphatic hydroxyl groups excluding tert-OH is 1. The van der Waals surface area contributed by atoms with Crippen molar-refractivity contribution in [2.75, 3.05) is 0 Å². The van der Waals surface area contributed by atoms with E-state index in [0.29, 0.717) is 11.4 Å². The number of thiophene rings is 1. The van der Waals surface area contributed by atoms with E-state index in [2.05, 4.69) is 5.38 Å². The summed E-state index contributed by atoms with van der Waals surface area (Å²) in [6.07, 6.45) is 0.165. The molecule has 2 rings (SSSR count). The molecule has 0 fully saturated rings. The first kappa shape index (κ1) is 11.6. The molecule has 0 bridgehead atoms. The van der Waals surface area contributed by atoms with E-state index < -0.39 is 6.10 Å². The van der Waals surface area contributed by atoms with Gasteiger partial charge in [-0.3, -0.25) is 0 Å². The molecule has 3 heteroatoms. The van der Waals surface area contributed by atoms with Crippen molar-refractivity contribution in [3.8, 4) is 0 Å².